The van der Waals surface area contributed by atoms with E-state index >= 15 is 0 Å². The lowest BCUT2D eigenvalue weighted by Crippen LogP contribution is -2.41. The van der Waals surface area contributed by atoms with Gasteiger partial charge in [-0.25, -0.2) is 4.79 Å². The second kappa shape index (κ2) is 8.89. The first kappa shape index (κ1) is 18.5. The van der Waals surface area contributed by atoms with Crippen molar-refractivity contribution in [1.29, 1.82) is 0 Å². The van der Waals surface area contributed by atoms with Crippen molar-refractivity contribution >= 4 is 5.97 Å². The zero-order valence-corrected chi connectivity index (χ0v) is 14.7. The average molecular weight is 337 g/mol. The van der Waals surface area contributed by atoms with Gasteiger partial charge in [-0.15, -0.1) is 0 Å². The Kier molecular flexibility index (Phi) is 6.87. The topological polar surface area (TPSA) is 68.2 Å². The summed E-state index contributed by atoms with van der Waals surface area (Å²) < 4.78 is 15.6. The van der Waals surface area contributed by atoms with Crippen LogP contribution < -0.4 is 9.47 Å². The van der Waals surface area contributed by atoms with E-state index in [-0.39, 0.29) is 6.61 Å². The van der Waals surface area contributed by atoms with Crippen molar-refractivity contribution in [2.24, 2.45) is 5.92 Å². The molecular formula is C18H27NO5. The SMILES string of the molecule is COC(=O)c1ccc(OCC(O)CN2CCCC(C)C2)c(OC)c1. The molecule has 1 aromatic rings. The molecule has 0 aromatic heterocycles. The number of nitrogens with zero attached hydrogens (tertiary/aromatic N) is 1. The highest BCUT2D eigenvalue weighted by molar-refractivity contribution is 5.90. The van der Waals surface area contributed by atoms with Crippen LogP contribution in [0, 0.1) is 5.92 Å². The molecule has 0 amide bonds. The van der Waals surface area contributed by atoms with Gasteiger partial charge in [0.15, 0.2) is 11.5 Å². The van der Waals surface area contributed by atoms with E-state index in [4.69, 9.17) is 9.47 Å². The number of methoxy groups -OCH3 is 2. The number of piperidine rings is 1. The second-order valence-corrected chi connectivity index (χ2v) is 6.33. The molecule has 2 rings (SSSR count). The van der Waals surface area contributed by atoms with E-state index < -0.39 is 12.1 Å². The highest BCUT2D eigenvalue weighted by Crippen LogP contribution is 2.28. The summed E-state index contributed by atoms with van der Waals surface area (Å²) in [4.78, 5) is 13.8. The summed E-state index contributed by atoms with van der Waals surface area (Å²) in [6.45, 7) is 5.07. The second-order valence-electron chi connectivity index (χ2n) is 6.33. The van der Waals surface area contributed by atoms with Gasteiger partial charge in [0.2, 0.25) is 0 Å². The van der Waals surface area contributed by atoms with Gasteiger partial charge in [0.1, 0.15) is 12.7 Å². The molecule has 134 valence electrons. The molecule has 0 bridgehead atoms. The van der Waals surface area contributed by atoms with Crippen LogP contribution in [-0.2, 0) is 4.74 Å². The van der Waals surface area contributed by atoms with Crippen LogP contribution in [0.1, 0.15) is 30.1 Å². The Morgan fingerprint density at radius 1 is 1.38 bits per heavy atom. The van der Waals surface area contributed by atoms with Crippen molar-refractivity contribution in [3.63, 3.8) is 0 Å². The number of hydrogen-bond donors (Lipinski definition) is 1. The summed E-state index contributed by atoms with van der Waals surface area (Å²) in [6.07, 6.45) is 1.87. The average Bonchev–Trinajstić information content (AvgIpc) is 2.59. The Morgan fingerprint density at radius 3 is 2.83 bits per heavy atom. The number of ether oxygens (including phenoxy) is 3. The van der Waals surface area contributed by atoms with Crippen LogP contribution in [0.15, 0.2) is 18.2 Å². The maximum Gasteiger partial charge on any atom is 0.337 e. The van der Waals surface area contributed by atoms with Gasteiger partial charge in [0.25, 0.3) is 0 Å². The number of β-amino-alcohol motifs (C(OH)–C–C–N with tert-alkyl or cyclic N) is 1. The van der Waals surface area contributed by atoms with Crippen LogP contribution in [0.3, 0.4) is 0 Å². The van der Waals surface area contributed by atoms with Crippen molar-refractivity contribution < 1.29 is 24.1 Å². The van der Waals surface area contributed by atoms with Crippen LogP contribution in [0.2, 0.25) is 0 Å². The number of aliphatic hydroxyl groups is 1. The van der Waals surface area contributed by atoms with Crippen molar-refractivity contribution in [3.8, 4) is 11.5 Å². The van der Waals surface area contributed by atoms with E-state index in [0.29, 0.717) is 29.5 Å². The molecule has 6 heteroatoms. The van der Waals surface area contributed by atoms with Gasteiger partial charge in [0.05, 0.1) is 19.8 Å². The maximum atomic E-state index is 11.5. The molecule has 0 spiro atoms. The molecule has 1 aromatic carbocycles. The molecule has 2 atom stereocenters. The van der Waals surface area contributed by atoms with Crippen molar-refractivity contribution in [2.45, 2.75) is 25.9 Å². The van der Waals surface area contributed by atoms with Gasteiger partial charge >= 0.3 is 5.97 Å². The number of esters is 1. The highest BCUT2D eigenvalue weighted by atomic mass is 16.5. The lowest BCUT2D eigenvalue weighted by molar-refractivity contribution is 0.0528. The van der Waals surface area contributed by atoms with Gasteiger partial charge in [-0.1, -0.05) is 6.92 Å². The third kappa shape index (κ3) is 5.11. The van der Waals surface area contributed by atoms with Crippen LogP contribution in [0.5, 0.6) is 11.5 Å². The summed E-state index contributed by atoms with van der Waals surface area (Å²) in [5.41, 5.74) is 0.393. The number of carbonyl (C=O) groups is 1. The summed E-state index contributed by atoms with van der Waals surface area (Å²) in [5, 5.41) is 10.2. The monoisotopic (exact) mass is 337 g/mol. The number of hydrogen-bond acceptors (Lipinski definition) is 6. The number of carbonyl (C=O) groups excluding carboxylic acids is 1. The Morgan fingerprint density at radius 2 is 2.17 bits per heavy atom. The highest BCUT2D eigenvalue weighted by Gasteiger charge is 2.19. The minimum Gasteiger partial charge on any atom is -0.493 e. The summed E-state index contributed by atoms with van der Waals surface area (Å²) in [5.74, 6) is 1.19. The minimum atomic E-state index is -0.569. The van der Waals surface area contributed by atoms with Crippen molar-refractivity contribution in [1.82, 2.24) is 4.90 Å². The Bertz CT molecular complexity index is 548. The van der Waals surface area contributed by atoms with E-state index in [0.717, 1.165) is 13.1 Å². The maximum absolute atomic E-state index is 11.5. The fraction of sp³-hybridized carbons (Fsp3) is 0.611. The molecule has 2 unspecified atom stereocenters. The van der Waals surface area contributed by atoms with E-state index in [1.54, 1.807) is 18.2 Å². The fourth-order valence-corrected chi connectivity index (χ4v) is 3.02. The van der Waals surface area contributed by atoms with Crippen LogP contribution in [0.4, 0.5) is 0 Å². The number of rotatable bonds is 7. The van der Waals surface area contributed by atoms with Crippen LogP contribution in [-0.4, -0.2) is 62.5 Å². The molecule has 1 fully saturated rings. The first-order valence-electron chi connectivity index (χ1n) is 8.33. The van der Waals surface area contributed by atoms with Gasteiger partial charge in [-0.3, -0.25) is 0 Å². The third-order valence-electron chi connectivity index (χ3n) is 4.23. The Labute approximate surface area is 143 Å². The first-order chi connectivity index (χ1) is 11.5. The quantitative estimate of drug-likeness (QED) is 0.767. The van der Waals surface area contributed by atoms with E-state index in [1.165, 1.54) is 27.1 Å². The zero-order chi connectivity index (χ0) is 17.5. The van der Waals surface area contributed by atoms with E-state index in [1.807, 2.05) is 0 Å². The van der Waals surface area contributed by atoms with Gasteiger partial charge in [-0.05, 0) is 43.5 Å². The largest absolute Gasteiger partial charge is 0.493 e. The minimum absolute atomic E-state index is 0.179. The molecule has 1 aliphatic heterocycles. The van der Waals surface area contributed by atoms with Gasteiger partial charge < -0.3 is 24.2 Å². The molecular weight excluding hydrogens is 310 g/mol. The molecule has 1 heterocycles. The van der Waals surface area contributed by atoms with Crippen LogP contribution in [0.25, 0.3) is 0 Å². The lowest BCUT2D eigenvalue weighted by atomic mass is 10.0. The Hall–Kier alpha value is -1.79. The number of likely N-dealkylation sites (tertiary alicyclic amines) is 1. The molecule has 1 N–H and O–H groups in total. The lowest BCUT2D eigenvalue weighted by Gasteiger charge is -2.32. The standard InChI is InChI=1S/C18H27NO5/c1-13-5-4-8-19(10-13)11-15(20)12-24-16-7-6-14(18(21)23-3)9-17(16)22-2/h6-7,9,13,15,20H,4-5,8,10-12H2,1-3H3. The van der Waals surface area contributed by atoms with E-state index in [2.05, 4.69) is 16.6 Å². The summed E-state index contributed by atoms with van der Waals surface area (Å²) in [6, 6.07) is 4.84. The predicted octanol–water partition coefficient (Wildman–Crippen LogP) is 1.95. The molecule has 0 radical (unpaired) electrons. The van der Waals surface area contributed by atoms with Gasteiger partial charge in [-0.2, -0.15) is 0 Å². The molecule has 1 aliphatic rings. The van der Waals surface area contributed by atoms with Gasteiger partial charge in [0, 0.05) is 13.1 Å². The molecule has 6 nitrogen and oxygen atoms in total. The molecule has 24 heavy (non-hydrogen) atoms. The number of benzene rings is 1. The molecule has 0 aliphatic carbocycles. The normalized spacial score (nSPS) is 19.6. The zero-order valence-electron chi connectivity index (χ0n) is 14.7. The smallest absolute Gasteiger partial charge is 0.337 e. The molecule has 0 saturated carbocycles. The molecule has 1 saturated heterocycles. The first-order valence-corrected chi connectivity index (χ1v) is 8.33. The van der Waals surface area contributed by atoms with E-state index in [9.17, 15) is 9.90 Å². The Balaban J connectivity index is 1.89. The van der Waals surface area contributed by atoms with Crippen molar-refractivity contribution in [2.75, 3.05) is 40.5 Å². The predicted molar refractivity (Wildman–Crippen MR) is 90.7 cm³/mol. The van der Waals surface area contributed by atoms with Crippen molar-refractivity contribution in [3.05, 3.63) is 23.8 Å². The van der Waals surface area contributed by atoms with Crippen LogP contribution >= 0.6 is 0 Å². The third-order valence-corrected chi connectivity index (χ3v) is 4.23. The summed E-state index contributed by atoms with van der Waals surface area (Å²) in [7, 11) is 2.84. The fourth-order valence-electron chi connectivity index (χ4n) is 3.02. The summed E-state index contributed by atoms with van der Waals surface area (Å²) >= 11 is 0. The number of aliphatic hydroxyl groups excluding tert-OH is 1.